The van der Waals surface area contributed by atoms with Crippen LogP contribution in [0.25, 0.3) is 44.9 Å². The minimum absolute atomic E-state index is 0.431. The monoisotopic (exact) mass is 345 g/mol. The van der Waals surface area contributed by atoms with Crippen molar-refractivity contribution in [3.8, 4) is 28.8 Å². The highest BCUT2D eigenvalue weighted by molar-refractivity contribution is 5.93. The standard InChI is InChI=1S/C20H15N3O3/c1-11-15-10-12(24-2)6-7-17(15)25-18(11)19-22-20(26-23-19)14-4-3-5-16-13(14)8-9-21-16/h3-10,21H,1-2H3. The van der Waals surface area contributed by atoms with Gasteiger partial charge in [-0.05, 0) is 43.3 Å². The van der Waals surface area contributed by atoms with E-state index in [0.29, 0.717) is 17.5 Å². The molecule has 0 amide bonds. The first-order chi connectivity index (χ1) is 12.7. The number of nitrogens with one attached hydrogen (secondary N) is 1. The number of aromatic nitrogens is 3. The van der Waals surface area contributed by atoms with Crippen molar-refractivity contribution in [3.05, 3.63) is 54.2 Å². The minimum Gasteiger partial charge on any atom is -0.497 e. The summed E-state index contributed by atoms with van der Waals surface area (Å²) in [6.07, 6.45) is 1.89. The predicted octanol–water partition coefficient (Wildman–Crippen LogP) is 4.95. The van der Waals surface area contributed by atoms with Crippen molar-refractivity contribution in [1.29, 1.82) is 0 Å². The average molecular weight is 345 g/mol. The van der Waals surface area contributed by atoms with Gasteiger partial charge in [-0.25, -0.2) is 0 Å². The molecule has 0 spiro atoms. The average Bonchev–Trinajstić information content (AvgIpc) is 3.39. The number of hydrogen-bond acceptors (Lipinski definition) is 5. The quantitative estimate of drug-likeness (QED) is 0.501. The molecule has 2 aromatic carbocycles. The van der Waals surface area contributed by atoms with E-state index in [1.165, 1.54) is 0 Å². The van der Waals surface area contributed by atoms with Crippen LogP contribution in [0, 0.1) is 6.92 Å². The number of H-pyrrole nitrogens is 1. The lowest BCUT2D eigenvalue weighted by molar-refractivity contribution is 0.415. The molecule has 0 aliphatic heterocycles. The van der Waals surface area contributed by atoms with Gasteiger partial charge >= 0.3 is 0 Å². The molecule has 0 bridgehead atoms. The summed E-state index contributed by atoms with van der Waals surface area (Å²) in [5.74, 6) is 2.27. The Morgan fingerprint density at radius 3 is 2.88 bits per heavy atom. The molecular weight excluding hydrogens is 330 g/mol. The van der Waals surface area contributed by atoms with Gasteiger partial charge in [0.25, 0.3) is 5.89 Å². The first-order valence-corrected chi connectivity index (χ1v) is 8.22. The molecular formula is C20H15N3O3. The van der Waals surface area contributed by atoms with Gasteiger partial charge in [0.05, 0.1) is 7.11 Å². The molecule has 0 saturated heterocycles. The van der Waals surface area contributed by atoms with E-state index in [-0.39, 0.29) is 0 Å². The van der Waals surface area contributed by atoms with E-state index in [1.54, 1.807) is 7.11 Å². The summed E-state index contributed by atoms with van der Waals surface area (Å²) < 4.78 is 16.8. The van der Waals surface area contributed by atoms with Crippen molar-refractivity contribution in [3.63, 3.8) is 0 Å². The molecule has 0 fully saturated rings. The van der Waals surface area contributed by atoms with Crippen molar-refractivity contribution in [2.24, 2.45) is 0 Å². The van der Waals surface area contributed by atoms with Crippen LogP contribution >= 0.6 is 0 Å². The fourth-order valence-electron chi connectivity index (χ4n) is 3.24. The van der Waals surface area contributed by atoms with Gasteiger partial charge in [-0.3, -0.25) is 0 Å². The van der Waals surface area contributed by atoms with Gasteiger partial charge in [0, 0.05) is 33.6 Å². The summed E-state index contributed by atoms with van der Waals surface area (Å²) in [5, 5.41) is 6.14. The summed E-state index contributed by atoms with van der Waals surface area (Å²) in [7, 11) is 1.64. The van der Waals surface area contributed by atoms with Crippen LogP contribution in [0.15, 0.2) is 57.6 Å². The Bertz CT molecular complexity index is 1250. The fraction of sp³-hybridized carbons (Fsp3) is 0.100. The smallest absolute Gasteiger partial charge is 0.259 e. The highest BCUT2D eigenvalue weighted by atomic mass is 16.5. The lowest BCUT2D eigenvalue weighted by Gasteiger charge is -1.97. The SMILES string of the molecule is COc1ccc2oc(-c3noc(-c4cccc5[nH]ccc45)n3)c(C)c2c1. The van der Waals surface area contributed by atoms with Crippen LogP contribution in [0.2, 0.25) is 0 Å². The van der Waals surface area contributed by atoms with Crippen LogP contribution in [0.5, 0.6) is 5.75 Å². The molecule has 128 valence electrons. The van der Waals surface area contributed by atoms with Gasteiger partial charge in [0.1, 0.15) is 11.3 Å². The van der Waals surface area contributed by atoms with Crippen LogP contribution in [0.4, 0.5) is 0 Å². The fourth-order valence-corrected chi connectivity index (χ4v) is 3.24. The number of benzene rings is 2. The van der Waals surface area contributed by atoms with Crippen molar-refractivity contribution < 1.29 is 13.7 Å². The first kappa shape index (κ1) is 14.8. The molecule has 0 unspecified atom stereocenters. The van der Waals surface area contributed by atoms with E-state index in [1.807, 2.05) is 55.6 Å². The largest absolute Gasteiger partial charge is 0.497 e. The second-order valence-electron chi connectivity index (χ2n) is 6.09. The van der Waals surface area contributed by atoms with E-state index >= 15 is 0 Å². The molecule has 5 aromatic rings. The number of ether oxygens (including phenoxy) is 1. The highest BCUT2D eigenvalue weighted by Gasteiger charge is 2.20. The molecule has 6 nitrogen and oxygen atoms in total. The van der Waals surface area contributed by atoms with E-state index in [9.17, 15) is 0 Å². The number of fused-ring (bicyclic) bond motifs is 2. The molecule has 3 aromatic heterocycles. The number of aryl methyl sites for hydroxylation is 1. The summed E-state index contributed by atoms with van der Waals surface area (Å²) in [5.41, 5.74) is 3.62. The maximum atomic E-state index is 5.96. The minimum atomic E-state index is 0.431. The zero-order valence-corrected chi connectivity index (χ0v) is 14.2. The molecule has 0 atom stereocenters. The van der Waals surface area contributed by atoms with Crippen molar-refractivity contribution in [1.82, 2.24) is 15.1 Å². The highest BCUT2D eigenvalue weighted by Crippen LogP contribution is 2.35. The second kappa shape index (κ2) is 5.49. The molecule has 1 N–H and O–H groups in total. The van der Waals surface area contributed by atoms with E-state index in [0.717, 1.165) is 38.7 Å². The Morgan fingerprint density at radius 2 is 2.00 bits per heavy atom. The number of methoxy groups -OCH3 is 1. The summed E-state index contributed by atoms with van der Waals surface area (Å²) in [4.78, 5) is 7.75. The Hall–Kier alpha value is -3.54. The van der Waals surface area contributed by atoms with Gasteiger partial charge in [-0.2, -0.15) is 4.98 Å². The number of hydrogen-bond donors (Lipinski definition) is 1. The Kier molecular flexibility index (Phi) is 3.12. The molecule has 3 heterocycles. The van der Waals surface area contributed by atoms with Gasteiger partial charge in [-0.15, -0.1) is 0 Å². The molecule has 0 radical (unpaired) electrons. The molecule has 0 aliphatic rings. The van der Waals surface area contributed by atoms with E-state index < -0.39 is 0 Å². The summed E-state index contributed by atoms with van der Waals surface area (Å²) in [6, 6.07) is 13.6. The topological polar surface area (TPSA) is 77.1 Å². The van der Waals surface area contributed by atoms with Gasteiger partial charge in [0.15, 0.2) is 5.76 Å². The van der Waals surface area contributed by atoms with Gasteiger partial charge < -0.3 is 18.7 Å². The maximum absolute atomic E-state index is 5.96. The third-order valence-electron chi connectivity index (χ3n) is 4.60. The van der Waals surface area contributed by atoms with Gasteiger partial charge in [-0.1, -0.05) is 11.2 Å². The van der Waals surface area contributed by atoms with Crippen LogP contribution in [-0.4, -0.2) is 22.2 Å². The van der Waals surface area contributed by atoms with Crippen molar-refractivity contribution >= 4 is 21.9 Å². The first-order valence-electron chi connectivity index (χ1n) is 8.22. The Labute approximate surface area is 148 Å². The Morgan fingerprint density at radius 1 is 1.08 bits per heavy atom. The van der Waals surface area contributed by atoms with Crippen LogP contribution in [0.3, 0.4) is 0 Å². The summed E-state index contributed by atoms with van der Waals surface area (Å²) >= 11 is 0. The lowest BCUT2D eigenvalue weighted by Crippen LogP contribution is -1.83. The molecule has 26 heavy (non-hydrogen) atoms. The zero-order valence-electron chi connectivity index (χ0n) is 14.2. The van der Waals surface area contributed by atoms with Gasteiger partial charge in [0.2, 0.25) is 5.82 Å². The van der Waals surface area contributed by atoms with Crippen LogP contribution in [-0.2, 0) is 0 Å². The summed E-state index contributed by atoms with van der Waals surface area (Å²) in [6.45, 7) is 1.98. The molecule has 0 saturated carbocycles. The van der Waals surface area contributed by atoms with Crippen LogP contribution in [0.1, 0.15) is 5.56 Å². The van der Waals surface area contributed by atoms with Crippen molar-refractivity contribution in [2.75, 3.05) is 7.11 Å². The second-order valence-corrected chi connectivity index (χ2v) is 6.09. The number of furan rings is 1. The molecule has 5 rings (SSSR count). The lowest BCUT2D eigenvalue weighted by atomic mass is 10.1. The van der Waals surface area contributed by atoms with E-state index in [4.69, 9.17) is 13.7 Å². The van der Waals surface area contributed by atoms with Crippen LogP contribution < -0.4 is 4.74 Å². The molecule has 0 aliphatic carbocycles. The number of nitrogens with zero attached hydrogens (tertiary/aromatic N) is 2. The Balaban J connectivity index is 1.63. The number of rotatable bonds is 3. The van der Waals surface area contributed by atoms with Crippen molar-refractivity contribution in [2.45, 2.75) is 6.92 Å². The van der Waals surface area contributed by atoms with E-state index in [2.05, 4.69) is 15.1 Å². The third kappa shape index (κ3) is 2.12. The molecule has 6 heteroatoms. The maximum Gasteiger partial charge on any atom is 0.259 e. The zero-order chi connectivity index (χ0) is 17.7. The normalized spacial score (nSPS) is 11.5. The predicted molar refractivity (Wildman–Crippen MR) is 98.1 cm³/mol. The number of aromatic amines is 1. The third-order valence-corrected chi connectivity index (χ3v) is 4.60.